The second-order valence-corrected chi connectivity index (χ2v) is 7.24. The average molecular weight is 377 g/mol. The number of rotatable bonds is 7. The summed E-state index contributed by atoms with van der Waals surface area (Å²) in [5.41, 5.74) is 3.55. The van der Waals surface area contributed by atoms with Gasteiger partial charge in [-0.25, -0.2) is 0 Å². The summed E-state index contributed by atoms with van der Waals surface area (Å²) in [5, 5.41) is 4.36. The van der Waals surface area contributed by atoms with Crippen molar-refractivity contribution in [2.24, 2.45) is 0 Å². The highest BCUT2D eigenvalue weighted by molar-refractivity contribution is 5.84. The first-order valence-corrected chi connectivity index (χ1v) is 10.00. The van der Waals surface area contributed by atoms with E-state index in [2.05, 4.69) is 51.6 Å². The zero-order valence-electron chi connectivity index (χ0n) is 16.1. The van der Waals surface area contributed by atoms with Gasteiger partial charge in [-0.05, 0) is 23.6 Å². The lowest BCUT2D eigenvalue weighted by atomic mass is 10.0. The molecule has 2 aromatic carbocycles. The molecule has 0 aliphatic carbocycles. The van der Waals surface area contributed by atoms with Gasteiger partial charge in [0, 0.05) is 43.2 Å². The fourth-order valence-corrected chi connectivity index (χ4v) is 3.91. The number of H-pyrrole nitrogens is 1. The number of aryl methyl sites for hydroxylation is 1. The standard InChI is InChI=1S/C23H27N3O2/c27-23(11-10-19-16-24-21-9-5-4-8-20(19)21)25-17-22(18-6-2-1-3-7-18)26-12-14-28-15-13-26/h1-9,16,22,24H,10-15,17H2,(H,25,27). The van der Waals surface area contributed by atoms with Gasteiger partial charge in [0.2, 0.25) is 5.91 Å². The summed E-state index contributed by atoms with van der Waals surface area (Å²) in [7, 11) is 0. The quantitative estimate of drug-likeness (QED) is 0.664. The second kappa shape index (κ2) is 9.04. The first-order chi connectivity index (χ1) is 13.8. The van der Waals surface area contributed by atoms with E-state index in [1.54, 1.807) is 0 Å². The third-order valence-corrected chi connectivity index (χ3v) is 5.46. The molecular weight excluding hydrogens is 350 g/mol. The van der Waals surface area contributed by atoms with Crippen LogP contribution in [0.25, 0.3) is 10.9 Å². The van der Waals surface area contributed by atoms with E-state index in [0.29, 0.717) is 13.0 Å². The minimum absolute atomic E-state index is 0.0967. The normalized spacial score (nSPS) is 16.1. The van der Waals surface area contributed by atoms with Crippen LogP contribution in [-0.2, 0) is 16.0 Å². The number of nitrogens with one attached hydrogen (secondary N) is 2. The Labute approximate surface area is 165 Å². The molecule has 1 saturated heterocycles. The van der Waals surface area contributed by atoms with Crippen molar-refractivity contribution in [1.29, 1.82) is 0 Å². The molecule has 1 aromatic heterocycles. The van der Waals surface area contributed by atoms with Crippen LogP contribution in [0.3, 0.4) is 0 Å². The Bertz CT molecular complexity index is 900. The highest BCUT2D eigenvalue weighted by Gasteiger charge is 2.23. The average Bonchev–Trinajstić information content (AvgIpc) is 3.17. The molecule has 2 heterocycles. The third kappa shape index (κ3) is 4.43. The summed E-state index contributed by atoms with van der Waals surface area (Å²) in [4.78, 5) is 18.2. The Balaban J connectivity index is 1.36. The van der Waals surface area contributed by atoms with E-state index in [1.807, 2.05) is 24.4 Å². The molecule has 0 radical (unpaired) electrons. The molecule has 28 heavy (non-hydrogen) atoms. The van der Waals surface area contributed by atoms with Crippen molar-refractivity contribution in [3.8, 4) is 0 Å². The maximum atomic E-state index is 12.5. The molecule has 1 aliphatic heterocycles. The Morgan fingerprint density at radius 3 is 2.64 bits per heavy atom. The molecule has 2 N–H and O–H groups in total. The monoisotopic (exact) mass is 377 g/mol. The Morgan fingerprint density at radius 2 is 1.82 bits per heavy atom. The number of aromatic nitrogens is 1. The molecule has 4 rings (SSSR count). The van der Waals surface area contributed by atoms with E-state index in [1.165, 1.54) is 16.5 Å². The molecule has 5 heteroatoms. The van der Waals surface area contributed by atoms with E-state index < -0.39 is 0 Å². The number of nitrogens with zero attached hydrogens (tertiary/aromatic N) is 1. The number of benzene rings is 2. The van der Waals surface area contributed by atoms with Crippen molar-refractivity contribution >= 4 is 16.8 Å². The number of hydrogen-bond donors (Lipinski definition) is 2. The lowest BCUT2D eigenvalue weighted by Crippen LogP contribution is -2.43. The van der Waals surface area contributed by atoms with Gasteiger partial charge in [-0.1, -0.05) is 48.5 Å². The fourth-order valence-electron chi connectivity index (χ4n) is 3.91. The van der Waals surface area contributed by atoms with Crippen LogP contribution >= 0.6 is 0 Å². The number of aromatic amines is 1. The molecule has 0 spiro atoms. The zero-order valence-corrected chi connectivity index (χ0v) is 16.1. The van der Waals surface area contributed by atoms with E-state index in [-0.39, 0.29) is 11.9 Å². The molecule has 3 aromatic rings. The molecule has 0 saturated carbocycles. The fraction of sp³-hybridized carbons (Fsp3) is 0.348. The van der Waals surface area contributed by atoms with E-state index in [9.17, 15) is 4.79 Å². The highest BCUT2D eigenvalue weighted by atomic mass is 16.5. The van der Waals surface area contributed by atoms with Gasteiger partial charge in [0.1, 0.15) is 0 Å². The van der Waals surface area contributed by atoms with Crippen LogP contribution in [0.15, 0.2) is 60.8 Å². The predicted molar refractivity (Wildman–Crippen MR) is 111 cm³/mol. The molecular formula is C23H27N3O2. The Kier molecular flexibility index (Phi) is 6.04. The van der Waals surface area contributed by atoms with Gasteiger partial charge in [-0.3, -0.25) is 9.69 Å². The highest BCUT2D eigenvalue weighted by Crippen LogP contribution is 2.22. The first kappa shape index (κ1) is 18.7. The van der Waals surface area contributed by atoms with Crippen molar-refractivity contribution in [3.63, 3.8) is 0 Å². The molecule has 5 nitrogen and oxygen atoms in total. The van der Waals surface area contributed by atoms with Gasteiger partial charge >= 0.3 is 0 Å². The van der Waals surface area contributed by atoms with E-state index in [0.717, 1.165) is 38.2 Å². The summed E-state index contributed by atoms with van der Waals surface area (Å²) in [6.45, 7) is 3.90. The number of hydrogen-bond acceptors (Lipinski definition) is 3. The summed E-state index contributed by atoms with van der Waals surface area (Å²) in [5.74, 6) is 0.0967. The molecule has 146 valence electrons. The van der Waals surface area contributed by atoms with Crippen molar-refractivity contribution < 1.29 is 9.53 Å². The van der Waals surface area contributed by atoms with Crippen LogP contribution in [0.1, 0.15) is 23.6 Å². The minimum atomic E-state index is 0.0967. The van der Waals surface area contributed by atoms with Gasteiger partial charge in [0.25, 0.3) is 0 Å². The van der Waals surface area contributed by atoms with Crippen LogP contribution in [0.2, 0.25) is 0 Å². The number of fused-ring (bicyclic) bond motifs is 1. The number of morpholine rings is 1. The number of para-hydroxylation sites is 1. The topological polar surface area (TPSA) is 57.4 Å². The molecule has 1 unspecified atom stereocenters. The SMILES string of the molecule is O=C(CCc1c[nH]c2ccccc12)NCC(c1ccccc1)N1CCOCC1. The molecule has 1 atom stereocenters. The van der Waals surface area contributed by atoms with Crippen LogP contribution in [0.4, 0.5) is 0 Å². The molecule has 1 fully saturated rings. The van der Waals surface area contributed by atoms with Gasteiger partial charge in [-0.2, -0.15) is 0 Å². The van der Waals surface area contributed by atoms with Gasteiger partial charge in [-0.15, -0.1) is 0 Å². The number of carbonyl (C=O) groups is 1. The number of carbonyl (C=O) groups excluding carboxylic acids is 1. The maximum Gasteiger partial charge on any atom is 0.220 e. The third-order valence-electron chi connectivity index (χ3n) is 5.46. The maximum absolute atomic E-state index is 12.5. The molecule has 1 amide bonds. The van der Waals surface area contributed by atoms with E-state index >= 15 is 0 Å². The van der Waals surface area contributed by atoms with E-state index in [4.69, 9.17) is 4.74 Å². The van der Waals surface area contributed by atoms with Gasteiger partial charge in [0.15, 0.2) is 0 Å². The van der Waals surface area contributed by atoms with Crippen molar-refractivity contribution in [3.05, 3.63) is 71.9 Å². The van der Waals surface area contributed by atoms with Crippen LogP contribution in [0, 0.1) is 0 Å². The smallest absolute Gasteiger partial charge is 0.220 e. The number of amides is 1. The lowest BCUT2D eigenvalue weighted by molar-refractivity contribution is -0.121. The molecule has 1 aliphatic rings. The summed E-state index contributed by atoms with van der Waals surface area (Å²) in [6.07, 6.45) is 3.24. The number of ether oxygens (including phenoxy) is 1. The van der Waals surface area contributed by atoms with Crippen LogP contribution in [0.5, 0.6) is 0 Å². The van der Waals surface area contributed by atoms with Crippen LogP contribution < -0.4 is 5.32 Å². The van der Waals surface area contributed by atoms with Crippen LogP contribution in [-0.4, -0.2) is 48.6 Å². The first-order valence-electron chi connectivity index (χ1n) is 10.00. The van der Waals surface area contributed by atoms with Gasteiger partial charge < -0.3 is 15.0 Å². The second-order valence-electron chi connectivity index (χ2n) is 7.24. The Morgan fingerprint density at radius 1 is 1.07 bits per heavy atom. The summed E-state index contributed by atoms with van der Waals surface area (Å²) >= 11 is 0. The largest absolute Gasteiger partial charge is 0.379 e. The van der Waals surface area contributed by atoms with Gasteiger partial charge in [0.05, 0.1) is 19.3 Å². The lowest BCUT2D eigenvalue weighted by Gasteiger charge is -2.35. The van der Waals surface area contributed by atoms with Crippen molar-refractivity contribution in [2.45, 2.75) is 18.9 Å². The van der Waals surface area contributed by atoms with Crippen molar-refractivity contribution in [1.82, 2.24) is 15.2 Å². The summed E-state index contributed by atoms with van der Waals surface area (Å²) < 4.78 is 5.49. The van der Waals surface area contributed by atoms with Crippen molar-refractivity contribution in [2.75, 3.05) is 32.8 Å². The predicted octanol–water partition coefficient (Wildman–Crippen LogP) is 3.29. The zero-order chi connectivity index (χ0) is 19.2. The molecule has 0 bridgehead atoms. The summed E-state index contributed by atoms with van der Waals surface area (Å²) in [6, 6.07) is 18.8. The Hall–Kier alpha value is -2.63. The minimum Gasteiger partial charge on any atom is -0.379 e.